The van der Waals surface area contributed by atoms with Crippen LogP contribution < -0.4 is 4.74 Å². The van der Waals surface area contributed by atoms with Crippen LogP contribution in [0.4, 0.5) is 0 Å². The second-order valence-electron chi connectivity index (χ2n) is 4.63. The van der Waals surface area contributed by atoms with Crippen LogP contribution in [0.5, 0.6) is 5.75 Å². The van der Waals surface area contributed by atoms with Crippen molar-refractivity contribution < 1.29 is 4.74 Å². The Morgan fingerprint density at radius 3 is 2.74 bits per heavy atom. The van der Waals surface area contributed by atoms with Crippen LogP contribution in [0.25, 0.3) is 10.8 Å². The van der Waals surface area contributed by atoms with E-state index in [2.05, 4.69) is 36.2 Å². The molecule has 19 heavy (non-hydrogen) atoms. The molecule has 0 spiro atoms. The van der Waals surface area contributed by atoms with Crippen LogP contribution in [0.1, 0.15) is 11.1 Å². The van der Waals surface area contributed by atoms with Crippen LogP contribution in [0.15, 0.2) is 60.9 Å². The third-order valence-electron chi connectivity index (χ3n) is 3.10. The number of pyridine rings is 1. The average molecular weight is 249 g/mol. The first kappa shape index (κ1) is 11.7. The monoisotopic (exact) mass is 249 g/mol. The fourth-order valence-electron chi connectivity index (χ4n) is 2.16. The molecule has 0 bridgehead atoms. The summed E-state index contributed by atoms with van der Waals surface area (Å²) < 4.78 is 5.95. The maximum atomic E-state index is 5.95. The molecule has 2 nitrogen and oxygen atoms in total. The lowest BCUT2D eigenvalue weighted by Crippen LogP contribution is -1.96. The minimum Gasteiger partial charge on any atom is -0.488 e. The SMILES string of the molecule is Cc1cc(OCc2ccccc2)c2cnccc2c1. The van der Waals surface area contributed by atoms with E-state index in [1.54, 1.807) is 0 Å². The number of rotatable bonds is 3. The highest BCUT2D eigenvalue weighted by Gasteiger charge is 2.04. The van der Waals surface area contributed by atoms with Gasteiger partial charge in [-0.1, -0.05) is 36.4 Å². The van der Waals surface area contributed by atoms with Gasteiger partial charge >= 0.3 is 0 Å². The van der Waals surface area contributed by atoms with Gasteiger partial charge in [0.15, 0.2) is 0 Å². The van der Waals surface area contributed by atoms with Crippen molar-refractivity contribution >= 4 is 10.8 Å². The molecule has 2 heteroatoms. The van der Waals surface area contributed by atoms with E-state index in [9.17, 15) is 0 Å². The van der Waals surface area contributed by atoms with Crippen molar-refractivity contribution in [2.75, 3.05) is 0 Å². The fraction of sp³-hybridized carbons (Fsp3) is 0.118. The number of aromatic nitrogens is 1. The summed E-state index contributed by atoms with van der Waals surface area (Å²) in [5, 5.41) is 2.22. The summed E-state index contributed by atoms with van der Waals surface area (Å²) >= 11 is 0. The predicted molar refractivity (Wildman–Crippen MR) is 77.3 cm³/mol. The van der Waals surface area contributed by atoms with E-state index >= 15 is 0 Å². The smallest absolute Gasteiger partial charge is 0.129 e. The topological polar surface area (TPSA) is 22.1 Å². The Bertz CT molecular complexity index is 692. The van der Waals surface area contributed by atoms with E-state index < -0.39 is 0 Å². The number of hydrogen-bond acceptors (Lipinski definition) is 2. The standard InChI is InChI=1S/C17H15NO/c1-13-9-15-7-8-18-11-16(15)17(10-13)19-12-14-5-3-2-4-6-14/h2-11H,12H2,1H3. The number of ether oxygens (including phenoxy) is 1. The number of benzene rings is 2. The fourth-order valence-corrected chi connectivity index (χ4v) is 2.16. The predicted octanol–water partition coefficient (Wildman–Crippen LogP) is 4.12. The van der Waals surface area contributed by atoms with Crippen molar-refractivity contribution in [1.29, 1.82) is 0 Å². The first-order valence-corrected chi connectivity index (χ1v) is 6.34. The maximum Gasteiger partial charge on any atom is 0.129 e. The second-order valence-corrected chi connectivity index (χ2v) is 4.63. The molecule has 0 amide bonds. The summed E-state index contributed by atoms with van der Waals surface area (Å²) in [7, 11) is 0. The average Bonchev–Trinajstić information content (AvgIpc) is 2.45. The van der Waals surface area contributed by atoms with Gasteiger partial charge in [-0.3, -0.25) is 4.98 Å². The van der Waals surface area contributed by atoms with E-state index in [1.807, 2.05) is 36.7 Å². The van der Waals surface area contributed by atoms with E-state index in [4.69, 9.17) is 4.74 Å². The molecule has 0 radical (unpaired) electrons. The van der Waals surface area contributed by atoms with Crippen LogP contribution in [-0.4, -0.2) is 4.98 Å². The molecule has 1 aromatic heterocycles. The lowest BCUT2D eigenvalue weighted by Gasteiger charge is -2.10. The van der Waals surface area contributed by atoms with Gasteiger partial charge < -0.3 is 4.74 Å². The van der Waals surface area contributed by atoms with Gasteiger partial charge in [-0.15, -0.1) is 0 Å². The third-order valence-corrected chi connectivity index (χ3v) is 3.10. The van der Waals surface area contributed by atoms with Crippen LogP contribution in [0.3, 0.4) is 0 Å². The van der Waals surface area contributed by atoms with Crippen molar-refractivity contribution in [2.45, 2.75) is 13.5 Å². The van der Waals surface area contributed by atoms with Gasteiger partial charge in [0.05, 0.1) is 0 Å². The first-order chi connectivity index (χ1) is 9.33. The molecule has 0 saturated carbocycles. The Morgan fingerprint density at radius 2 is 1.89 bits per heavy atom. The molecule has 0 aliphatic carbocycles. The Kier molecular flexibility index (Phi) is 3.15. The first-order valence-electron chi connectivity index (χ1n) is 6.34. The molecule has 0 atom stereocenters. The number of hydrogen-bond donors (Lipinski definition) is 0. The van der Waals surface area contributed by atoms with Gasteiger partial charge in [0.1, 0.15) is 12.4 Å². The number of aryl methyl sites for hydroxylation is 1. The zero-order chi connectivity index (χ0) is 13.1. The van der Waals surface area contributed by atoms with Gasteiger partial charge in [0.2, 0.25) is 0 Å². The molecule has 3 rings (SSSR count). The van der Waals surface area contributed by atoms with Gasteiger partial charge in [0.25, 0.3) is 0 Å². The van der Waals surface area contributed by atoms with E-state index in [1.165, 1.54) is 11.1 Å². The highest BCUT2D eigenvalue weighted by molar-refractivity contribution is 5.88. The normalized spacial score (nSPS) is 10.6. The molecule has 0 N–H and O–H groups in total. The Balaban J connectivity index is 1.92. The van der Waals surface area contributed by atoms with Gasteiger partial charge in [-0.2, -0.15) is 0 Å². The lowest BCUT2D eigenvalue weighted by molar-refractivity contribution is 0.310. The molecule has 0 unspecified atom stereocenters. The summed E-state index contributed by atoms with van der Waals surface area (Å²) in [6, 6.07) is 16.4. The van der Waals surface area contributed by atoms with E-state index in [-0.39, 0.29) is 0 Å². The summed E-state index contributed by atoms with van der Waals surface area (Å²) in [4.78, 5) is 4.18. The molecule has 94 valence electrons. The molecule has 0 aliphatic heterocycles. The molecule has 1 heterocycles. The number of fused-ring (bicyclic) bond motifs is 1. The van der Waals surface area contributed by atoms with Crippen molar-refractivity contribution in [3.8, 4) is 5.75 Å². The lowest BCUT2D eigenvalue weighted by atomic mass is 10.1. The van der Waals surface area contributed by atoms with Crippen LogP contribution >= 0.6 is 0 Å². The Labute approximate surface area is 112 Å². The molecular formula is C17H15NO. The summed E-state index contributed by atoms with van der Waals surface area (Å²) in [6.07, 6.45) is 3.66. The molecule has 3 aromatic rings. The Morgan fingerprint density at radius 1 is 1.05 bits per heavy atom. The van der Waals surface area contributed by atoms with Crippen molar-refractivity contribution in [2.24, 2.45) is 0 Å². The highest BCUT2D eigenvalue weighted by Crippen LogP contribution is 2.27. The molecule has 0 aliphatic rings. The highest BCUT2D eigenvalue weighted by atomic mass is 16.5. The summed E-state index contributed by atoms with van der Waals surface area (Å²) in [6.45, 7) is 2.66. The van der Waals surface area contributed by atoms with Crippen LogP contribution in [0, 0.1) is 6.92 Å². The molecule has 0 fully saturated rings. The van der Waals surface area contributed by atoms with Crippen molar-refractivity contribution in [1.82, 2.24) is 4.98 Å². The summed E-state index contributed by atoms with van der Waals surface area (Å²) in [5.74, 6) is 0.895. The van der Waals surface area contributed by atoms with Crippen molar-refractivity contribution in [3.05, 3.63) is 72.1 Å². The quantitative estimate of drug-likeness (QED) is 0.696. The minimum atomic E-state index is 0.578. The molecule has 2 aromatic carbocycles. The summed E-state index contributed by atoms with van der Waals surface area (Å²) in [5.41, 5.74) is 2.36. The zero-order valence-corrected chi connectivity index (χ0v) is 10.8. The minimum absolute atomic E-state index is 0.578. The van der Waals surface area contributed by atoms with Gasteiger partial charge in [-0.05, 0) is 35.6 Å². The Hall–Kier alpha value is -2.35. The molecule has 0 saturated heterocycles. The second kappa shape index (κ2) is 5.11. The van der Waals surface area contributed by atoms with Gasteiger partial charge in [-0.25, -0.2) is 0 Å². The van der Waals surface area contributed by atoms with Crippen LogP contribution in [-0.2, 0) is 6.61 Å². The third kappa shape index (κ3) is 2.58. The zero-order valence-electron chi connectivity index (χ0n) is 10.8. The van der Waals surface area contributed by atoms with E-state index in [0.717, 1.165) is 16.5 Å². The van der Waals surface area contributed by atoms with E-state index in [0.29, 0.717) is 6.61 Å². The molecular weight excluding hydrogens is 234 g/mol. The largest absolute Gasteiger partial charge is 0.488 e. The van der Waals surface area contributed by atoms with Gasteiger partial charge in [0, 0.05) is 17.8 Å². The maximum absolute atomic E-state index is 5.95. The number of nitrogens with zero attached hydrogens (tertiary/aromatic N) is 1. The van der Waals surface area contributed by atoms with Crippen molar-refractivity contribution in [3.63, 3.8) is 0 Å². The van der Waals surface area contributed by atoms with Crippen LogP contribution in [0.2, 0.25) is 0 Å².